The molecule has 0 spiro atoms. The molecule has 0 aliphatic carbocycles. The Kier molecular flexibility index (Phi) is 5.48. The molecule has 3 aromatic carbocycles. The molecule has 0 fully saturated rings. The van der Waals surface area contributed by atoms with Crippen LogP contribution in [0.5, 0.6) is 0 Å². The molecule has 0 radical (unpaired) electrons. The first-order valence-electron chi connectivity index (χ1n) is 9.82. The van der Waals surface area contributed by atoms with E-state index < -0.39 is 5.97 Å². The van der Waals surface area contributed by atoms with Crippen molar-refractivity contribution in [2.24, 2.45) is 0 Å². The van der Waals surface area contributed by atoms with E-state index in [1.54, 1.807) is 6.07 Å². The number of hydrogen-bond donors (Lipinski definition) is 1. The van der Waals surface area contributed by atoms with Gasteiger partial charge in [0, 0.05) is 23.4 Å². The quantitative estimate of drug-likeness (QED) is 0.405. The highest BCUT2D eigenvalue weighted by atomic mass is 19.1. The second-order valence-corrected chi connectivity index (χ2v) is 7.46. The summed E-state index contributed by atoms with van der Waals surface area (Å²) in [5, 5.41) is 9.96. The summed E-state index contributed by atoms with van der Waals surface area (Å²) in [5.74, 6) is -1.17. The molecule has 0 amide bonds. The van der Waals surface area contributed by atoms with E-state index in [0.29, 0.717) is 12.0 Å². The van der Waals surface area contributed by atoms with Crippen molar-refractivity contribution in [3.63, 3.8) is 0 Å². The Morgan fingerprint density at radius 2 is 1.77 bits per heavy atom. The first-order valence-corrected chi connectivity index (χ1v) is 9.82. The molecular weight excluding hydrogens is 377 g/mol. The summed E-state index contributed by atoms with van der Waals surface area (Å²) < 4.78 is 16.9. The minimum absolute atomic E-state index is 0.237. The van der Waals surface area contributed by atoms with Crippen molar-refractivity contribution < 1.29 is 14.3 Å². The lowest BCUT2D eigenvalue weighted by atomic mass is 9.97. The minimum atomic E-state index is -0.935. The number of benzene rings is 3. The summed E-state index contributed by atoms with van der Waals surface area (Å²) in [5.41, 5.74) is 4.44. The van der Waals surface area contributed by atoms with Crippen LogP contribution in [0.3, 0.4) is 0 Å². The van der Waals surface area contributed by atoms with E-state index in [2.05, 4.69) is 10.6 Å². The second kappa shape index (κ2) is 8.37. The molecule has 0 aliphatic heterocycles. The third kappa shape index (κ3) is 4.03. The van der Waals surface area contributed by atoms with Crippen molar-refractivity contribution in [3.8, 4) is 0 Å². The van der Waals surface area contributed by atoms with Crippen LogP contribution in [0.25, 0.3) is 10.9 Å². The van der Waals surface area contributed by atoms with Gasteiger partial charge in [-0.15, -0.1) is 0 Å². The summed E-state index contributed by atoms with van der Waals surface area (Å²) in [6, 6.07) is 24.6. The third-order valence-corrected chi connectivity index (χ3v) is 5.23. The van der Waals surface area contributed by atoms with Crippen molar-refractivity contribution in [1.82, 2.24) is 4.57 Å². The first-order chi connectivity index (χ1) is 14.5. The smallest absolute Gasteiger partial charge is 0.328 e. The van der Waals surface area contributed by atoms with Gasteiger partial charge in [0.25, 0.3) is 0 Å². The summed E-state index contributed by atoms with van der Waals surface area (Å²) in [4.78, 5) is 10.9. The highest BCUT2D eigenvalue weighted by molar-refractivity contribution is 5.82. The molecule has 1 aromatic heterocycles. The van der Waals surface area contributed by atoms with Crippen molar-refractivity contribution in [1.29, 1.82) is 0 Å². The number of nitrogens with zero attached hydrogens (tertiary/aromatic N) is 1. The van der Waals surface area contributed by atoms with Gasteiger partial charge >= 0.3 is 5.97 Å². The zero-order valence-electron chi connectivity index (χ0n) is 16.6. The molecule has 0 aliphatic rings. The molecule has 150 valence electrons. The molecule has 4 aromatic rings. The molecule has 30 heavy (non-hydrogen) atoms. The van der Waals surface area contributed by atoms with Gasteiger partial charge in [-0.1, -0.05) is 60.2 Å². The van der Waals surface area contributed by atoms with E-state index in [1.165, 1.54) is 12.1 Å². The van der Waals surface area contributed by atoms with Crippen molar-refractivity contribution >= 4 is 16.9 Å². The van der Waals surface area contributed by atoms with Crippen LogP contribution in [0.4, 0.5) is 4.39 Å². The predicted octanol–water partition coefficient (Wildman–Crippen LogP) is 5.99. The zero-order chi connectivity index (χ0) is 21.1. The summed E-state index contributed by atoms with van der Waals surface area (Å²) in [7, 11) is 0. The number of allylic oxidation sites excluding steroid dienone is 1. The van der Waals surface area contributed by atoms with Crippen LogP contribution in [-0.2, 0) is 11.2 Å². The molecule has 0 saturated heterocycles. The van der Waals surface area contributed by atoms with Crippen molar-refractivity contribution in [2.45, 2.75) is 19.4 Å². The normalized spacial score (nSPS) is 12.8. The maximum absolute atomic E-state index is 14.8. The van der Waals surface area contributed by atoms with E-state index in [-0.39, 0.29) is 11.9 Å². The highest BCUT2D eigenvalue weighted by Gasteiger charge is 2.21. The van der Waals surface area contributed by atoms with Gasteiger partial charge in [-0.3, -0.25) is 0 Å². The summed E-state index contributed by atoms with van der Waals surface area (Å²) in [6.07, 6.45) is 3.79. The molecule has 1 N–H and O–H groups in total. The maximum atomic E-state index is 14.8. The molecule has 4 heteroatoms. The Bertz CT molecular complexity index is 1220. The Hall–Kier alpha value is -3.66. The van der Waals surface area contributed by atoms with Crippen LogP contribution in [-0.4, -0.2) is 15.6 Å². The Morgan fingerprint density at radius 1 is 1.03 bits per heavy atom. The number of halogens is 1. The monoisotopic (exact) mass is 399 g/mol. The molecule has 1 atom stereocenters. The van der Waals surface area contributed by atoms with Crippen LogP contribution in [0.1, 0.15) is 29.7 Å². The number of hydrogen-bond acceptors (Lipinski definition) is 1. The van der Waals surface area contributed by atoms with Crippen LogP contribution in [0, 0.1) is 5.82 Å². The van der Waals surface area contributed by atoms with Gasteiger partial charge < -0.3 is 9.67 Å². The number of aromatic nitrogens is 1. The lowest BCUT2D eigenvalue weighted by Crippen LogP contribution is -2.13. The number of rotatable bonds is 6. The van der Waals surface area contributed by atoms with Crippen LogP contribution < -0.4 is 0 Å². The number of fused-ring (bicyclic) bond motifs is 1. The first kappa shape index (κ1) is 19.6. The molecular formula is C26H22FNO2. The molecule has 3 nitrogen and oxygen atoms in total. The second-order valence-electron chi connectivity index (χ2n) is 7.46. The largest absolute Gasteiger partial charge is 0.478 e. The zero-order valence-corrected chi connectivity index (χ0v) is 16.6. The van der Waals surface area contributed by atoms with Gasteiger partial charge in [0.05, 0.1) is 6.04 Å². The SMILES string of the molecule is CC(=CC(=O)O)Cc1ccc2c(ccn2C(c2ccccc2)c2ccccc2F)c1. The van der Waals surface area contributed by atoms with Gasteiger partial charge in [0.15, 0.2) is 0 Å². The maximum Gasteiger partial charge on any atom is 0.328 e. The number of carboxylic acids is 1. The Labute approximate surface area is 174 Å². The Morgan fingerprint density at radius 3 is 2.50 bits per heavy atom. The molecule has 1 unspecified atom stereocenters. The number of carbonyl (C=O) groups is 1. The van der Waals surface area contributed by atoms with E-state index >= 15 is 0 Å². The van der Waals surface area contributed by atoms with Gasteiger partial charge in [-0.05, 0) is 54.1 Å². The number of carboxylic acid groups (broad SMARTS) is 1. The van der Waals surface area contributed by atoms with Crippen LogP contribution in [0.15, 0.2) is 96.7 Å². The molecule has 0 bridgehead atoms. The fourth-order valence-electron chi connectivity index (χ4n) is 3.95. The van der Waals surface area contributed by atoms with Crippen LogP contribution >= 0.6 is 0 Å². The lowest BCUT2D eigenvalue weighted by molar-refractivity contribution is -0.131. The van der Waals surface area contributed by atoms with Crippen molar-refractivity contribution in [2.75, 3.05) is 0 Å². The van der Waals surface area contributed by atoms with E-state index in [0.717, 1.165) is 27.6 Å². The average Bonchev–Trinajstić information content (AvgIpc) is 3.13. The highest BCUT2D eigenvalue weighted by Crippen LogP contribution is 2.32. The van der Waals surface area contributed by atoms with Crippen LogP contribution in [0.2, 0.25) is 0 Å². The average molecular weight is 399 g/mol. The fourth-order valence-corrected chi connectivity index (χ4v) is 3.95. The predicted molar refractivity (Wildman–Crippen MR) is 117 cm³/mol. The summed E-state index contributed by atoms with van der Waals surface area (Å²) >= 11 is 0. The minimum Gasteiger partial charge on any atom is -0.478 e. The van der Waals surface area contributed by atoms with Gasteiger partial charge in [0.1, 0.15) is 5.82 Å². The van der Waals surface area contributed by atoms with E-state index in [1.807, 2.05) is 73.8 Å². The van der Waals surface area contributed by atoms with E-state index in [9.17, 15) is 9.18 Å². The fraction of sp³-hybridized carbons (Fsp3) is 0.115. The topological polar surface area (TPSA) is 42.2 Å². The molecule has 1 heterocycles. The molecule has 4 rings (SSSR count). The Balaban J connectivity index is 1.79. The standard InChI is InChI=1S/C26H22FNO2/c1-18(16-25(29)30)15-19-11-12-24-21(17-19)13-14-28(24)26(20-7-3-2-4-8-20)22-9-5-6-10-23(22)27/h2-14,16-17,26H,15H2,1H3,(H,29,30). The van der Waals surface area contributed by atoms with E-state index in [4.69, 9.17) is 5.11 Å². The van der Waals surface area contributed by atoms with Gasteiger partial charge in [0.2, 0.25) is 0 Å². The van der Waals surface area contributed by atoms with Gasteiger partial charge in [-0.25, -0.2) is 9.18 Å². The summed E-state index contributed by atoms with van der Waals surface area (Å²) in [6.45, 7) is 1.81. The number of aliphatic carboxylic acids is 1. The third-order valence-electron chi connectivity index (χ3n) is 5.23. The van der Waals surface area contributed by atoms with Gasteiger partial charge in [-0.2, -0.15) is 0 Å². The molecule has 0 saturated carbocycles. The van der Waals surface area contributed by atoms with Crippen molar-refractivity contribution in [3.05, 3.63) is 119 Å². The lowest BCUT2D eigenvalue weighted by Gasteiger charge is -2.22.